The van der Waals surface area contributed by atoms with E-state index in [1.165, 1.54) is 0 Å². The Bertz CT molecular complexity index is 839. The molecule has 3 rings (SSSR count). The summed E-state index contributed by atoms with van der Waals surface area (Å²) in [7, 11) is 0. The minimum Gasteiger partial charge on any atom is -0.339 e. The van der Waals surface area contributed by atoms with Gasteiger partial charge < -0.3 is 9.84 Å². The fourth-order valence-electron chi connectivity index (χ4n) is 2.53. The number of hydrogen-bond donors (Lipinski definition) is 1. The highest BCUT2D eigenvalue weighted by molar-refractivity contribution is 5.89. The van der Waals surface area contributed by atoms with Crippen molar-refractivity contribution in [2.45, 2.75) is 45.6 Å². The largest absolute Gasteiger partial charge is 0.339 e. The second-order valence-corrected chi connectivity index (χ2v) is 6.46. The number of carbonyl (C=O) groups excluding carboxylic acids is 1. The van der Waals surface area contributed by atoms with E-state index in [0.29, 0.717) is 43.3 Å². The van der Waals surface area contributed by atoms with Gasteiger partial charge in [0.1, 0.15) is 5.82 Å². The molecule has 7 nitrogen and oxygen atoms in total. The molecule has 0 aliphatic heterocycles. The first kappa shape index (κ1) is 17.8. The first-order valence-corrected chi connectivity index (χ1v) is 8.80. The third-order valence-electron chi connectivity index (χ3n) is 3.95. The molecule has 26 heavy (non-hydrogen) atoms. The number of nitrogens with one attached hydrogen (secondary N) is 1. The number of nitrogens with zero attached hydrogens (tertiary/aromatic N) is 4. The smallest absolute Gasteiger partial charge is 0.226 e. The van der Waals surface area contributed by atoms with Crippen LogP contribution >= 0.6 is 0 Å². The molecule has 0 fully saturated rings. The van der Waals surface area contributed by atoms with E-state index in [1.54, 1.807) is 16.9 Å². The predicted molar refractivity (Wildman–Crippen MR) is 97.7 cm³/mol. The van der Waals surface area contributed by atoms with Gasteiger partial charge in [0, 0.05) is 24.8 Å². The Hall–Kier alpha value is -2.96. The van der Waals surface area contributed by atoms with Crippen LogP contribution in [0.15, 0.2) is 47.1 Å². The van der Waals surface area contributed by atoms with Crippen LogP contribution in [0.2, 0.25) is 0 Å². The number of benzene rings is 1. The van der Waals surface area contributed by atoms with Crippen molar-refractivity contribution in [3.05, 3.63) is 59.9 Å². The van der Waals surface area contributed by atoms with Crippen LogP contribution in [0.3, 0.4) is 0 Å². The van der Waals surface area contributed by atoms with Crippen LogP contribution in [0.1, 0.15) is 49.9 Å². The quantitative estimate of drug-likeness (QED) is 0.671. The van der Waals surface area contributed by atoms with E-state index in [2.05, 4.69) is 20.6 Å². The van der Waals surface area contributed by atoms with E-state index in [-0.39, 0.29) is 11.8 Å². The number of carbonyl (C=O) groups is 1. The molecule has 136 valence electrons. The number of anilines is 1. The molecule has 0 atom stereocenters. The van der Waals surface area contributed by atoms with Crippen LogP contribution in [0.5, 0.6) is 0 Å². The van der Waals surface area contributed by atoms with E-state index in [9.17, 15) is 4.79 Å². The summed E-state index contributed by atoms with van der Waals surface area (Å²) in [6, 6.07) is 11.8. The molecule has 0 radical (unpaired) electrons. The van der Waals surface area contributed by atoms with Gasteiger partial charge in [-0.2, -0.15) is 10.1 Å². The van der Waals surface area contributed by atoms with Crippen molar-refractivity contribution in [1.29, 1.82) is 0 Å². The summed E-state index contributed by atoms with van der Waals surface area (Å²) in [5.41, 5.74) is 1.13. The Morgan fingerprint density at radius 3 is 2.77 bits per heavy atom. The van der Waals surface area contributed by atoms with Gasteiger partial charge in [0.05, 0.1) is 12.7 Å². The summed E-state index contributed by atoms with van der Waals surface area (Å²) in [4.78, 5) is 16.5. The van der Waals surface area contributed by atoms with Crippen molar-refractivity contribution in [2.24, 2.45) is 0 Å². The molecule has 7 heteroatoms. The Balaban J connectivity index is 1.48. The molecule has 0 unspecified atom stereocenters. The minimum atomic E-state index is -0.0524. The van der Waals surface area contributed by atoms with Crippen molar-refractivity contribution in [3.8, 4) is 0 Å². The van der Waals surface area contributed by atoms with Crippen molar-refractivity contribution in [2.75, 3.05) is 5.32 Å². The molecule has 0 saturated heterocycles. The van der Waals surface area contributed by atoms with Crippen LogP contribution in [0.4, 0.5) is 5.82 Å². The van der Waals surface area contributed by atoms with Crippen molar-refractivity contribution >= 4 is 11.7 Å². The third-order valence-corrected chi connectivity index (χ3v) is 3.95. The van der Waals surface area contributed by atoms with Crippen LogP contribution in [0, 0.1) is 0 Å². The summed E-state index contributed by atoms with van der Waals surface area (Å²) in [5.74, 6) is 2.16. The highest BCUT2D eigenvalue weighted by Crippen LogP contribution is 2.13. The predicted octanol–water partition coefficient (Wildman–Crippen LogP) is 3.40. The number of hydrogen-bond acceptors (Lipinski definition) is 5. The summed E-state index contributed by atoms with van der Waals surface area (Å²) in [6.45, 7) is 4.64. The molecule has 0 bridgehead atoms. The molecule has 1 amide bonds. The van der Waals surface area contributed by atoms with Crippen molar-refractivity contribution in [1.82, 2.24) is 19.9 Å². The van der Waals surface area contributed by atoms with Gasteiger partial charge in [0.15, 0.2) is 5.82 Å². The van der Waals surface area contributed by atoms with Gasteiger partial charge in [-0.3, -0.25) is 4.79 Å². The van der Waals surface area contributed by atoms with Crippen LogP contribution in [-0.4, -0.2) is 25.8 Å². The fraction of sp³-hybridized carbons (Fsp3) is 0.368. The van der Waals surface area contributed by atoms with Crippen molar-refractivity contribution < 1.29 is 9.32 Å². The standard InChI is InChI=1S/C19H23N5O2/c1-14(2)19-22-18(26-23-19)10-6-9-17(25)21-16-11-12-20-24(16)13-15-7-4-3-5-8-15/h3-5,7-8,11-12,14H,6,9-10,13H2,1-2H3,(H,21,25). The van der Waals surface area contributed by atoms with E-state index < -0.39 is 0 Å². The molecule has 0 saturated carbocycles. The first-order valence-electron chi connectivity index (χ1n) is 8.80. The second-order valence-electron chi connectivity index (χ2n) is 6.46. The summed E-state index contributed by atoms with van der Waals surface area (Å²) in [6.07, 6.45) is 3.31. The highest BCUT2D eigenvalue weighted by Gasteiger charge is 2.11. The Labute approximate surface area is 152 Å². The zero-order valence-electron chi connectivity index (χ0n) is 15.1. The highest BCUT2D eigenvalue weighted by atomic mass is 16.5. The van der Waals surface area contributed by atoms with Gasteiger partial charge in [-0.15, -0.1) is 0 Å². The molecule has 2 aromatic heterocycles. The maximum atomic E-state index is 12.2. The minimum absolute atomic E-state index is 0.0524. The lowest BCUT2D eigenvalue weighted by Gasteiger charge is -2.09. The second kappa shape index (κ2) is 8.42. The number of aromatic nitrogens is 4. The van der Waals surface area contributed by atoms with E-state index >= 15 is 0 Å². The zero-order valence-corrected chi connectivity index (χ0v) is 15.1. The van der Waals surface area contributed by atoms with E-state index in [0.717, 1.165) is 5.56 Å². The van der Waals surface area contributed by atoms with E-state index in [4.69, 9.17) is 4.52 Å². The topological polar surface area (TPSA) is 85.8 Å². The number of amides is 1. The van der Waals surface area contributed by atoms with Crippen molar-refractivity contribution in [3.63, 3.8) is 0 Å². The van der Waals surface area contributed by atoms with Crippen LogP contribution in [-0.2, 0) is 17.8 Å². The number of aryl methyl sites for hydroxylation is 1. The molecule has 2 heterocycles. The van der Waals surface area contributed by atoms with Crippen LogP contribution < -0.4 is 5.32 Å². The lowest BCUT2D eigenvalue weighted by molar-refractivity contribution is -0.116. The maximum absolute atomic E-state index is 12.2. The monoisotopic (exact) mass is 353 g/mol. The molecule has 1 aromatic carbocycles. The number of rotatable bonds is 8. The van der Waals surface area contributed by atoms with Gasteiger partial charge in [0.25, 0.3) is 0 Å². The molecular weight excluding hydrogens is 330 g/mol. The Morgan fingerprint density at radius 1 is 1.23 bits per heavy atom. The Morgan fingerprint density at radius 2 is 2.04 bits per heavy atom. The van der Waals surface area contributed by atoms with Gasteiger partial charge in [0.2, 0.25) is 11.8 Å². The third kappa shape index (κ3) is 4.78. The normalized spacial score (nSPS) is 11.0. The van der Waals surface area contributed by atoms with Gasteiger partial charge >= 0.3 is 0 Å². The average molecular weight is 353 g/mol. The molecule has 0 aliphatic rings. The lowest BCUT2D eigenvalue weighted by atomic mass is 10.2. The molecular formula is C19H23N5O2. The fourth-order valence-corrected chi connectivity index (χ4v) is 2.53. The van der Waals surface area contributed by atoms with Gasteiger partial charge in [-0.25, -0.2) is 4.68 Å². The SMILES string of the molecule is CC(C)c1noc(CCCC(=O)Nc2ccnn2Cc2ccccc2)n1. The summed E-state index contributed by atoms with van der Waals surface area (Å²) >= 11 is 0. The Kier molecular flexibility index (Phi) is 5.78. The van der Waals surface area contributed by atoms with E-state index in [1.807, 2.05) is 44.2 Å². The zero-order chi connectivity index (χ0) is 18.4. The van der Waals surface area contributed by atoms with Gasteiger partial charge in [-0.05, 0) is 12.0 Å². The lowest BCUT2D eigenvalue weighted by Crippen LogP contribution is -2.16. The molecule has 3 aromatic rings. The molecule has 1 N–H and O–H groups in total. The molecule has 0 spiro atoms. The first-order chi connectivity index (χ1) is 12.6. The molecule has 0 aliphatic carbocycles. The van der Waals surface area contributed by atoms with Gasteiger partial charge in [-0.1, -0.05) is 49.3 Å². The van der Waals surface area contributed by atoms with Crippen LogP contribution in [0.25, 0.3) is 0 Å². The maximum Gasteiger partial charge on any atom is 0.226 e. The average Bonchev–Trinajstić information content (AvgIpc) is 3.26. The summed E-state index contributed by atoms with van der Waals surface area (Å²) in [5, 5.41) is 11.1. The summed E-state index contributed by atoms with van der Waals surface area (Å²) < 4.78 is 6.97.